The second-order valence-corrected chi connectivity index (χ2v) is 8.21. The number of esters is 1. The van der Waals surface area contributed by atoms with Gasteiger partial charge in [-0.05, 0) is 31.0 Å². The van der Waals surface area contributed by atoms with Crippen molar-refractivity contribution in [3.63, 3.8) is 0 Å². The summed E-state index contributed by atoms with van der Waals surface area (Å²) in [5.74, 6) is -0.165. The van der Waals surface area contributed by atoms with E-state index in [-0.39, 0.29) is 23.4 Å². The summed E-state index contributed by atoms with van der Waals surface area (Å²) in [7, 11) is -3.66. The lowest BCUT2D eigenvalue weighted by atomic mass is 9.97. The van der Waals surface area contributed by atoms with Gasteiger partial charge in [0.1, 0.15) is 11.5 Å². The first-order valence-electron chi connectivity index (χ1n) is 8.79. The number of ether oxygens (including phenoxy) is 1. The maximum atomic E-state index is 12.5. The van der Waals surface area contributed by atoms with Crippen LogP contribution in [-0.2, 0) is 26.2 Å². The number of fused-ring (bicyclic) bond motifs is 1. The van der Waals surface area contributed by atoms with Gasteiger partial charge in [-0.3, -0.25) is 9.78 Å². The molecule has 140 valence electrons. The van der Waals surface area contributed by atoms with E-state index in [4.69, 9.17) is 4.74 Å². The SMILES string of the molecule is O=C(OCc1cccnc1)C1CCCN(C2=NS(=O)(=O)c3ccccc32)C1. The quantitative estimate of drug-likeness (QED) is 0.751. The van der Waals surface area contributed by atoms with E-state index in [0.717, 1.165) is 12.0 Å². The molecule has 1 fully saturated rings. The number of rotatable bonds is 3. The lowest BCUT2D eigenvalue weighted by molar-refractivity contribution is -0.151. The average molecular weight is 385 g/mol. The van der Waals surface area contributed by atoms with Crippen LogP contribution in [0.4, 0.5) is 0 Å². The lowest BCUT2D eigenvalue weighted by Crippen LogP contribution is -2.42. The summed E-state index contributed by atoms with van der Waals surface area (Å²) in [6, 6.07) is 10.4. The van der Waals surface area contributed by atoms with Crippen molar-refractivity contribution in [2.45, 2.75) is 24.3 Å². The van der Waals surface area contributed by atoms with Gasteiger partial charge in [0.05, 0.1) is 5.92 Å². The zero-order chi connectivity index (χ0) is 18.9. The second-order valence-electron chi connectivity index (χ2n) is 6.64. The van der Waals surface area contributed by atoms with Crippen molar-refractivity contribution in [3.05, 3.63) is 59.9 Å². The summed E-state index contributed by atoms with van der Waals surface area (Å²) >= 11 is 0. The first-order valence-corrected chi connectivity index (χ1v) is 10.2. The van der Waals surface area contributed by atoms with Crippen molar-refractivity contribution in [2.75, 3.05) is 13.1 Å². The van der Waals surface area contributed by atoms with Crippen LogP contribution in [0.15, 0.2) is 58.1 Å². The fraction of sp³-hybridized carbons (Fsp3) is 0.316. The van der Waals surface area contributed by atoms with E-state index in [1.54, 1.807) is 42.7 Å². The average Bonchev–Trinajstić information content (AvgIpc) is 2.98. The van der Waals surface area contributed by atoms with E-state index in [0.29, 0.717) is 30.9 Å². The van der Waals surface area contributed by atoms with E-state index in [9.17, 15) is 13.2 Å². The van der Waals surface area contributed by atoms with Crippen LogP contribution in [0.25, 0.3) is 0 Å². The number of sulfonamides is 1. The molecule has 1 aromatic carbocycles. The molecule has 0 N–H and O–H groups in total. The van der Waals surface area contributed by atoms with Crippen molar-refractivity contribution in [1.29, 1.82) is 0 Å². The fourth-order valence-electron chi connectivity index (χ4n) is 3.43. The number of aromatic nitrogens is 1. The molecule has 0 saturated carbocycles. The Morgan fingerprint density at radius 3 is 2.89 bits per heavy atom. The van der Waals surface area contributed by atoms with Gasteiger partial charge in [0.25, 0.3) is 10.0 Å². The summed E-state index contributed by atoms with van der Waals surface area (Å²) in [6.07, 6.45) is 4.81. The topological polar surface area (TPSA) is 88.9 Å². The van der Waals surface area contributed by atoms with E-state index < -0.39 is 10.0 Å². The molecule has 1 saturated heterocycles. The summed E-state index contributed by atoms with van der Waals surface area (Å²) in [6.45, 7) is 1.24. The third-order valence-electron chi connectivity index (χ3n) is 4.77. The minimum Gasteiger partial charge on any atom is -0.460 e. The molecule has 2 aliphatic heterocycles. The van der Waals surface area contributed by atoms with Crippen LogP contribution < -0.4 is 0 Å². The predicted octanol–water partition coefficient (Wildman–Crippen LogP) is 1.99. The number of piperidine rings is 1. The number of amidine groups is 1. The maximum Gasteiger partial charge on any atom is 0.311 e. The Balaban J connectivity index is 1.47. The van der Waals surface area contributed by atoms with Crippen molar-refractivity contribution < 1.29 is 17.9 Å². The van der Waals surface area contributed by atoms with Crippen LogP contribution in [0.1, 0.15) is 24.0 Å². The molecule has 0 amide bonds. The Hall–Kier alpha value is -2.74. The zero-order valence-electron chi connectivity index (χ0n) is 14.6. The minimum absolute atomic E-state index is 0.182. The highest BCUT2D eigenvalue weighted by Crippen LogP contribution is 2.30. The number of nitrogens with zero attached hydrogens (tertiary/aromatic N) is 3. The third kappa shape index (κ3) is 3.57. The van der Waals surface area contributed by atoms with Gasteiger partial charge in [-0.1, -0.05) is 18.2 Å². The van der Waals surface area contributed by atoms with Crippen molar-refractivity contribution in [2.24, 2.45) is 10.3 Å². The van der Waals surface area contributed by atoms with Crippen LogP contribution >= 0.6 is 0 Å². The van der Waals surface area contributed by atoms with E-state index in [1.165, 1.54) is 0 Å². The van der Waals surface area contributed by atoms with Crippen LogP contribution in [0.3, 0.4) is 0 Å². The number of carbonyl (C=O) groups excluding carboxylic acids is 1. The van der Waals surface area contributed by atoms with Gasteiger partial charge in [-0.15, -0.1) is 4.40 Å². The lowest BCUT2D eigenvalue weighted by Gasteiger charge is -2.32. The largest absolute Gasteiger partial charge is 0.460 e. The fourth-order valence-corrected chi connectivity index (χ4v) is 4.66. The predicted molar refractivity (Wildman–Crippen MR) is 98.5 cm³/mol. The summed E-state index contributed by atoms with van der Waals surface area (Å²) < 4.78 is 33.9. The molecule has 4 rings (SSSR count). The van der Waals surface area contributed by atoms with Gasteiger partial charge in [0, 0.05) is 36.6 Å². The van der Waals surface area contributed by atoms with Crippen LogP contribution in [0, 0.1) is 5.92 Å². The van der Waals surface area contributed by atoms with Crippen LogP contribution in [-0.4, -0.2) is 43.2 Å². The molecule has 2 aliphatic rings. The van der Waals surface area contributed by atoms with Crippen LogP contribution in [0.2, 0.25) is 0 Å². The molecule has 0 bridgehead atoms. The number of hydrogen-bond acceptors (Lipinski definition) is 6. The van der Waals surface area contributed by atoms with E-state index >= 15 is 0 Å². The Morgan fingerprint density at radius 2 is 2.07 bits per heavy atom. The second kappa shape index (κ2) is 7.11. The molecule has 3 heterocycles. The van der Waals surface area contributed by atoms with E-state index in [1.807, 2.05) is 11.0 Å². The first kappa shape index (κ1) is 17.7. The highest BCUT2D eigenvalue weighted by Gasteiger charge is 2.35. The zero-order valence-corrected chi connectivity index (χ0v) is 15.4. The Bertz CT molecular complexity index is 989. The molecule has 1 atom stereocenters. The maximum absolute atomic E-state index is 12.5. The van der Waals surface area contributed by atoms with Gasteiger partial charge in [0.2, 0.25) is 0 Å². The van der Waals surface area contributed by atoms with Gasteiger partial charge in [-0.25, -0.2) is 0 Å². The highest BCUT2D eigenvalue weighted by atomic mass is 32.2. The number of likely N-dealkylation sites (tertiary alicyclic amines) is 1. The molecule has 8 heteroatoms. The number of benzene rings is 1. The molecular formula is C19H19N3O4S. The van der Waals surface area contributed by atoms with Gasteiger partial charge >= 0.3 is 5.97 Å². The van der Waals surface area contributed by atoms with Gasteiger partial charge < -0.3 is 9.64 Å². The standard InChI is InChI=1S/C19H19N3O4S/c23-19(26-13-14-5-3-9-20-11-14)15-6-4-10-22(12-15)18-16-7-1-2-8-17(16)27(24,25)21-18/h1-3,5,7-9,11,15H,4,6,10,12-13H2. The van der Waals surface area contributed by atoms with Crippen molar-refractivity contribution in [3.8, 4) is 0 Å². The van der Waals surface area contributed by atoms with E-state index in [2.05, 4.69) is 9.38 Å². The van der Waals surface area contributed by atoms with Crippen molar-refractivity contribution >= 4 is 21.8 Å². The summed E-state index contributed by atoms with van der Waals surface area (Å²) in [5, 5.41) is 0. The minimum atomic E-state index is -3.66. The third-order valence-corrected chi connectivity index (χ3v) is 6.10. The highest BCUT2D eigenvalue weighted by molar-refractivity contribution is 7.90. The first-order chi connectivity index (χ1) is 13.0. The number of hydrogen-bond donors (Lipinski definition) is 0. The Morgan fingerprint density at radius 1 is 1.22 bits per heavy atom. The molecule has 27 heavy (non-hydrogen) atoms. The summed E-state index contributed by atoms with van der Waals surface area (Å²) in [5.41, 5.74) is 1.43. The normalized spacial score (nSPS) is 20.7. The molecule has 2 aromatic rings. The molecule has 1 unspecified atom stereocenters. The Kier molecular flexibility index (Phi) is 4.65. The van der Waals surface area contributed by atoms with Gasteiger partial charge in [-0.2, -0.15) is 8.42 Å². The molecule has 0 aliphatic carbocycles. The Labute approximate surface area is 157 Å². The number of carbonyl (C=O) groups is 1. The molecule has 1 aromatic heterocycles. The molecule has 7 nitrogen and oxygen atoms in total. The van der Waals surface area contributed by atoms with Crippen LogP contribution in [0.5, 0.6) is 0 Å². The molecular weight excluding hydrogens is 366 g/mol. The monoisotopic (exact) mass is 385 g/mol. The van der Waals surface area contributed by atoms with Gasteiger partial charge in [0.15, 0.2) is 5.84 Å². The summed E-state index contributed by atoms with van der Waals surface area (Å²) in [4.78, 5) is 18.6. The molecule has 0 spiro atoms. The number of pyridine rings is 1. The van der Waals surface area contributed by atoms with Crippen molar-refractivity contribution in [1.82, 2.24) is 9.88 Å². The molecule has 0 radical (unpaired) electrons. The smallest absolute Gasteiger partial charge is 0.311 e.